The first-order chi connectivity index (χ1) is 9.36. The monoisotopic (exact) mass is 270 g/mol. The number of hydrogen-bond donors (Lipinski definition) is 0. The van der Waals surface area contributed by atoms with Gasteiger partial charge < -0.3 is 16.4 Å². The number of benzene rings is 1. The van der Waals surface area contributed by atoms with Crippen LogP contribution in [0.5, 0.6) is 5.75 Å². The number of hydrogen-bond acceptors (Lipinski definition) is 2. The van der Waals surface area contributed by atoms with Gasteiger partial charge in [-0.3, -0.25) is 0 Å². The van der Waals surface area contributed by atoms with Gasteiger partial charge in [-0.25, -0.2) is 0 Å². The van der Waals surface area contributed by atoms with Gasteiger partial charge >= 0.3 is 18.9 Å². The minimum absolute atomic E-state index is 0. The van der Waals surface area contributed by atoms with E-state index in [1.54, 1.807) is 0 Å². The van der Waals surface area contributed by atoms with Crippen molar-refractivity contribution in [3.63, 3.8) is 0 Å². The van der Waals surface area contributed by atoms with Crippen molar-refractivity contribution < 1.29 is 28.3 Å². The average Bonchev–Trinajstić information content (AvgIpc) is 2.44. The van der Waals surface area contributed by atoms with Crippen LogP contribution >= 0.6 is 0 Å². The standard InChI is InChI=1S/C17H27O2.Li/c1-3-5-6-7-8-9-14-18-15-16-10-12-17(13-11-16)19-4-2;/h10-13H,1,3-9,14-15H2,2H3;/q-1;+1. The molecule has 0 fully saturated rings. The van der Waals surface area contributed by atoms with Gasteiger partial charge in [0.1, 0.15) is 5.75 Å². The van der Waals surface area contributed by atoms with Crippen LogP contribution in [-0.2, 0) is 11.3 Å². The fourth-order valence-corrected chi connectivity index (χ4v) is 1.95. The summed E-state index contributed by atoms with van der Waals surface area (Å²) in [5.74, 6) is 0.927. The largest absolute Gasteiger partial charge is 1.00 e. The Morgan fingerprint density at radius 1 is 0.950 bits per heavy atom. The van der Waals surface area contributed by atoms with E-state index in [0.717, 1.165) is 25.2 Å². The number of rotatable bonds is 11. The summed E-state index contributed by atoms with van der Waals surface area (Å²) in [5.41, 5.74) is 1.21. The summed E-state index contributed by atoms with van der Waals surface area (Å²) in [6.07, 6.45) is 7.36. The van der Waals surface area contributed by atoms with Crippen molar-refractivity contribution >= 4 is 0 Å². The second kappa shape index (κ2) is 13.6. The summed E-state index contributed by atoms with van der Waals surface area (Å²) >= 11 is 0. The molecule has 0 aliphatic carbocycles. The average molecular weight is 270 g/mol. The Morgan fingerprint density at radius 2 is 1.60 bits per heavy atom. The van der Waals surface area contributed by atoms with Crippen molar-refractivity contribution in [2.45, 2.75) is 52.1 Å². The molecule has 0 N–H and O–H groups in total. The van der Waals surface area contributed by atoms with Crippen LogP contribution in [0.15, 0.2) is 24.3 Å². The van der Waals surface area contributed by atoms with E-state index in [9.17, 15) is 0 Å². The summed E-state index contributed by atoms with van der Waals surface area (Å²) < 4.78 is 11.1. The predicted octanol–water partition coefficient (Wildman–Crippen LogP) is 1.78. The molecule has 1 rings (SSSR count). The van der Waals surface area contributed by atoms with Gasteiger partial charge in [0.15, 0.2) is 0 Å². The maximum atomic E-state index is 5.67. The van der Waals surface area contributed by atoms with Gasteiger partial charge in [0.05, 0.1) is 13.2 Å². The van der Waals surface area contributed by atoms with Crippen LogP contribution in [0.4, 0.5) is 0 Å². The molecule has 0 spiro atoms. The van der Waals surface area contributed by atoms with Crippen LogP contribution < -0.4 is 23.6 Å². The molecule has 1 aromatic rings. The Bertz CT molecular complexity index is 311. The molecule has 0 atom stereocenters. The number of ether oxygens (including phenoxy) is 2. The third-order valence-corrected chi connectivity index (χ3v) is 3.04. The molecule has 1 aromatic carbocycles. The molecule has 0 saturated carbocycles. The minimum atomic E-state index is 0. The van der Waals surface area contributed by atoms with Gasteiger partial charge in [-0.15, -0.1) is 0 Å². The van der Waals surface area contributed by atoms with Crippen LogP contribution in [-0.4, -0.2) is 13.2 Å². The van der Waals surface area contributed by atoms with E-state index in [4.69, 9.17) is 9.47 Å². The van der Waals surface area contributed by atoms with Gasteiger partial charge in [0, 0.05) is 6.61 Å². The van der Waals surface area contributed by atoms with Crippen molar-refractivity contribution in [2.75, 3.05) is 13.2 Å². The summed E-state index contributed by atoms with van der Waals surface area (Å²) in [6.45, 7) is 8.12. The molecule has 20 heavy (non-hydrogen) atoms. The Hall–Kier alpha value is -0.423. The zero-order valence-electron chi connectivity index (χ0n) is 13.2. The van der Waals surface area contributed by atoms with E-state index >= 15 is 0 Å². The normalized spacial score (nSPS) is 10.1. The molecule has 108 valence electrons. The van der Waals surface area contributed by atoms with Crippen LogP contribution in [0.2, 0.25) is 0 Å². The molecule has 0 aliphatic heterocycles. The third-order valence-electron chi connectivity index (χ3n) is 3.04. The van der Waals surface area contributed by atoms with Crippen LogP contribution in [0.25, 0.3) is 0 Å². The molecule has 3 heteroatoms. The molecule has 0 aliphatic rings. The first-order valence-corrected chi connectivity index (χ1v) is 7.45. The van der Waals surface area contributed by atoms with E-state index in [1.165, 1.54) is 31.2 Å². The first-order valence-electron chi connectivity index (χ1n) is 7.45. The molecule has 2 nitrogen and oxygen atoms in total. The van der Waals surface area contributed by atoms with Crippen LogP contribution in [0.3, 0.4) is 0 Å². The predicted molar refractivity (Wildman–Crippen MR) is 80.3 cm³/mol. The summed E-state index contributed by atoms with van der Waals surface area (Å²) in [7, 11) is 0. The Labute approximate surface area is 136 Å². The second-order valence-electron chi connectivity index (χ2n) is 4.75. The van der Waals surface area contributed by atoms with E-state index in [1.807, 2.05) is 19.1 Å². The Kier molecular flexibility index (Phi) is 13.3. The van der Waals surface area contributed by atoms with Gasteiger partial charge in [0.2, 0.25) is 0 Å². The second-order valence-corrected chi connectivity index (χ2v) is 4.75. The fourth-order valence-electron chi connectivity index (χ4n) is 1.95. The van der Waals surface area contributed by atoms with Crippen molar-refractivity contribution in [3.05, 3.63) is 36.8 Å². The Balaban J connectivity index is 0.00000361. The molecule has 0 amide bonds. The SMILES string of the molecule is [CH2-]CCCCCCCOCc1ccc(OCC)cc1.[Li+]. The van der Waals surface area contributed by atoms with E-state index in [2.05, 4.69) is 19.1 Å². The zero-order chi connectivity index (χ0) is 13.8. The molecule has 0 heterocycles. The molecular formula is C17H27LiO2. The van der Waals surface area contributed by atoms with Gasteiger partial charge in [-0.1, -0.05) is 37.8 Å². The van der Waals surface area contributed by atoms with Crippen molar-refractivity contribution in [3.8, 4) is 5.75 Å². The molecule has 0 radical (unpaired) electrons. The first kappa shape index (κ1) is 19.6. The molecular weight excluding hydrogens is 243 g/mol. The van der Waals surface area contributed by atoms with Gasteiger partial charge in [-0.05, 0) is 31.0 Å². The van der Waals surface area contributed by atoms with Crippen LogP contribution in [0, 0.1) is 6.92 Å². The summed E-state index contributed by atoms with van der Waals surface area (Å²) in [6, 6.07) is 8.14. The maximum Gasteiger partial charge on any atom is 1.00 e. The van der Waals surface area contributed by atoms with Crippen molar-refractivity contribution in [1.82, 2.24) is 0 Å². The molecule has 0 aromatic heterocycles. The van der Waals surface area contributed by atoms with E-state index < -0.39 is 0 Å². The number of unbranched alkanes of at least 4 members (excludes halogenated alkanes) is 5. The summed E-state index contributed by atoms with van der Waals surface area (Å²) in [4.78, 5) is 0. The van der Waals surface area contributed by atoms with E-state index in [-0.39, 0.29) is 18.9 Å². The molecule has 0 saturated heterocycles. The fraction of sp³-hybridized carbons (Fsp3) is 0.588. The van der Waals surface area contributed by atoms with E-state index in [0.29, 0.717) is 13.2 Å². The molecule has 0 unspecified atom stereocenters. The van der Waals surface area contributed by atoms with Gasteiger partial charge in [0.25, 0.3) is 0 Å². The third kappa shape index (κ3) is 9.48. The zero-order valence-corrected chi connectivity index (χ0v) is 13.2. The van der Waals surface area contributed by atoms with Crippen molar-refractivity contribution in [1.29, 1.82) is 0 Å². The Morgan fingerprint density at radius 3 is 2.25 bits per heavy atom. The smallest absolute Gasteiger partial charge is 0.494 e. The van der Waals surface area contributed by atoms with Crippen molar-refractivity contribution in [2.24, 2.45) is 0 Å². The van der Waals surface area contributed by atoms with Gasteiger partial charge in [-0.2, -0.15) is 6.42 Å². The van der Waals surface area contributed by atoms with Crippen LogP contribution in [0.1, 0.15) is 51.0 Å². The quantitative estimate of drug-likeness (QED) is 0.347. The maximum absolute atomic E-state index is 5.67. The summed E-state index contributed by atoms with van der Waals surface area (Å²) in [5, 5.41) is 0. The topological polar surface area (TPSA) is 18.5 Å². The molecule has 0 bridgehead atoms. The minimum Gasteiger partial charge on any atom is -0.494 e.